The van der Waals surface area contributed by atoms with Crippen molar-refractivity contribution in [1.82, 2.24) is 0 Å². The van der Waals surface area contributed by atoms with Gasteiger partial charge in [-0.3, -0.25) is 4.79 Å². The van der Waals surface area contributed by atoms with Gasteiger partial charge in [-0.05, 0) is 28.1 Å². The molecule has 1 N–H and O–H groups in total. The third-order valence-corrected chi connectivity index (χ3v) is 2.09. The fourth-order valence-corrected chi connectivity index (χ4v) is 1.40. The molecular formula is C9H7BrO4. The molecule has 0 aromatic heterocycles. The van der Waals surface area contributed by atoms with E-state index in [1.165, 1.54) is 0 Å². The van der Waals surface area contributed by atoms with Gasteiger partial charge in [0.1, 0.15) is 5.75 Å². The summed E-state index contributed by atoms with van der Waals surface area (Å²) in [5.41, 5.74) is 0.320. The third-order valence-electron chi connectivity index (χ3n) is 1.46. The maximum atomic E-state index is 10.6. The minimum absolute atomic E-state index is 0.255. The van der Waals surface area contributed by atoms with Gasteiger partial charge >= 0.3 is 5.97 Å². The molecule has 0 aliphatic heterocycles. The van der Waals surface area contributed by atoms with E-state index in [9.17, 15) is 9.59 Å². The summed E-state index contributed by atoms with van der Waals surface area (Å²) < 4.78 is 5.50. The molecule has 0 saturated heterocycles. The smallest absolute Gasteiger partial charge is 0.341 e. The van der Waals surface area contributed by atoms with Crippen molar-refractivity contribution in [3.05, 3.63) is 28.2 Å². The van der Waals surface area contributed by atoms with Crippen LogP contribution in [-0.2, 0) is 4.79 Å². The molecule has 0 bridgehead atoms. The molecule has 0 radical (unpaired) electrons. The summed E-state index contributed by atoms with van der Waals surface area (Å²) in [4.78, 5) is 20.8. The highest BCUT2D eigenvalue weighted by molar-refractivity contribution is 9.10. The zero-order chi connectivity index (χ0) is 10.6. The van der Waals surface area contributed by atoms with E-state index < -0.39 is 12.6 Å². The third kappa shape index (κ3) is 2.56. The van der Waals surface area contributed by atoms with Crippen molar-refractivity contribution in [3.8, 4) is 5.75 Å². The number of carboxylic acids is 1. The Morgan fingerprint density at radius 1 is 1.57 bits per heavy atom. The lowest BCUT2D eigenvalue weighted by Gasteiger charge is -2.07. The van der Waals surface area contributed by atoms with Crippen LogP contribution >= 0.6 is 15.9 Å². The van der Waals surface area contributed by atoms with Crippen LogP contribution in [0.4, 0.5) is 0 Å². The highest BCUT2D eigenvalue weighted by Gasteiger charge is 2.08. The number of rotatable bonds is 4. The summed E-state index contributed by atoms with van der Waals surface area (Å²) in [6, 6.07) is 4.89. The van der Waals surface area contributed by atoms with Gasteiger partial charge in [0.15, 0.2) is 12.9 Å². The van der Waals surface area contributed by atoms with Gasteiger partial charge in [0.05, 0.1) is 10.0 Å². The maximum Gasteiger partial charge on any atom is 0.341 e. The van der Waals surface area contributed by atoms with Gasteiger partial charge < -0.3 is 9.84 Å². The Balaban J connectivity index is 2.93. The molecular weight excluding hydrogens is 252 g/mol. The molecule has 5 heteroatoms. The molecule has 0 aliphatic rings. The Kier molecular flexibility index (Phi) is 3.64. The number of aliphatic carboxylic acids is 1. The van der Waals surface area contributed by atoms with Crippen LogP contribution in [-0.4, -0.2) is 24.0 Å². The second-order valence-electron chi connectivity index (χ2n) is 2.46. The molecule has 0 atom stereocenters. The van der Waals surface area contributed by atoms with E-state index >= 15 is 0 Å². The lowest BCUT2D eigenvalue weighted by atomic mass is 10.2. The first-order chi connectivity index (χ1) is 6.65. The van der Waals surface area contributed by atoms with E-state index in [2.05, 4.69) is 15.9 Å². The molecule has 14 heavy (non-hydrogen) atoms. The Morgan fingerprint density at radius 2 is 2.29 bits per heavy atom. The summed E-state index contributed by atoms with van der Waals surface area (Å²) in [5, 5.41) is 8.40. The van der Waals surface area contributed by atoms with Crippen LogP contribution in [0.1, 0.15) is 10.4 Å². The lowest BCUT2D eigenvalue weighted by molar-refractivity contribution is -0.139. The molecule has 74 valence electrons. The van der Waals surface area contributed by atoms with Crippen molar-refractivity contribution in [2.24, 2.45) is 0 Å². The number of carbonyl (C=O) groups is 2. The molecule has 0 spiro atoms. The Morgan fingerprint density at radius 3 is 2.86 bits per heavy atom. The lowest BCUT2D eigenvalue weighted by Crippen LogP contribution is -2.10. The van der Waals surface area contributed by atoms with Crippen LogP contribution < -0.4 is 4.74 Å². The zero-order valence-electron chi connectivity index (χ0n) is 7.07. The SMILES string of the molecule is O=Cc1cccc(Br)c1OCC(=O)O. The van der Waals surface area contributed by atoms with Crippen molar-refractivity contribution in [1.29, 1.82) is 0 Å². The topological polar surface area (TPSA) is 63.6 Å². The number of halogens is 1. The van der Waals surface area contributed by atoms with Crippen LogP contribution in [0.2, 0.25) is 0 Å². The zero-order valence-corrected chi connectivity index (χ0v) is 8.65. The van der Waals surface area contributed by atoms with Crippen LogP contribution in [0.15, 0.2) is 22.7 Å². The Bertz CT molecular complexity index is 362. The van der Waals surface area contributed by atoms with E-state index in [4.69, 9.17) is 9.84 Å². The number of hydrogen-bond donors (Lipinski definition) is 1. The summed E-state index contributed by atoms with van der Waals surface area (Å²) in [6.45, 7) is -0.469. The average Bonchev–Trinajstić information content (AvgIpc) is 2.15. The molecule has 4 nitrogen and oxygen atoms in total. The average molecular weight is 259 g/mol. The fraction of sp³-hybridized carbons (Fsp3) is 0.111. The van der Waals surface area contributed by atoms with Gasteiger partial charge in [-0.25, -0.2) is 4.79 Å². The monoisotopic (exact) mass is 258 g/mol. The van der Waals surface area contributed by atoms with Crippen molar-refractivity contribution >= 4 is 28.2 Å². The van der Waals surface area contributed by atoms with E-state index in [1.807, 2.05) is 0 Å². The van der Waals surface area contributed by atoms with E-state index in [1.54, 1.807) is 18.2 Å². The van der Waals surface area contributed by atoms with Gasteiger partial charge in [-0.15, -0.1) is 0 Å². The highest BCUT2D eigenvalue weighted by Crippen LogP contribution is 2.27. The van der Waals surface area contributed by atoms with Gasteiger partial charge in [0.2, 0.25) is 0 Å². The molecule has 1 rings (SSSR count). The number of hydrogen-bond acceptors (Lipinski definition) is 3. The minimum Gasteiger partial charge on any atom is -0.480 e. The molecule has 0 fully saturated rings. The van der Waals surface area contributed by atoms with Crippen LogP contribution in [0.3, 0.4) is 0 Å². The number of carboxylic acid groups (broad SMARTS) is 1. The summed E-state index contributed by atoms with van der Waals surface area (Å²) in [5.74, 6) is -0.831. The highest BCUT2D eigenvalue weighted by atomic mass is 79.9. The quantitative estimate of drug-likeness (QED) is 0.836. The van der Waals surface area contributed by atoms with Gasteiger partial charge in [-0.1, -0.05) is 6.07 Å². The Labute approximate surface area is 88.6 Å². The molecule has 0 saturated carbocycles. The maximum absolute atomic E-state index is 10.6. The van der Waals surface area contributed by atoms with Crippen molar-refractivity contribution < 1.29 is 19.4 Å². The first kappa shape index (κ1) is 10.7. The normalized spacial score (nSPS) is 9.50. The van der Waals surface area contributed by atoms with Crippen molar-refractivity contribution in [3.63, 3.8) is 0 Å². The van der Waals surface area contributed by atoms with E-state index in [0.717, 1.165) is 0 Å². The van der Waals surface area contributed by atoms with Crippen molar-refractivity contribution in [2.75, 3.05) is 6.61 Å². The van der Waals surface area contributed by atoms with Gasteiger partial charge in [0.25, 0.3) is 0 Å². The Hall–Kier alpha value is -1.36. The molecule has 1 aromatic carbocycles. The van der Waals surface area contributed by atoms with Gasteiger partial charge in [0, 0.05) is 0 Å². The van der Waals surface area contributed by atoms with Crippen LogP contribution in [0, 0.1) is 0 Å². The predicted octanol–water partition coefficient (Wildman–Crippen LogP) is 1.72. The fourth-order valence-electron chi connectivity index (χ4n) is 0.905. The number of carbonyl (C=O) groups excluding carboxylic acids is 1. The largest absolute Gasteiger partial charge is 0.480 e. The molecule has 0 aliphatic carbocycles. The van der Waals surface area contributed by atoms with Crippen molar-refractivity contribution in [2.45, 2.75) is 0 Å². The molecule has 1 aromatic rings. The van der Waals surface area contributed by atoms with Crippen LogP contribution in [0.5, 0.6) is 5.75 Å². The number of ether oxygens (including phenoxy) is 1. The summed E-state index contributed by atoms with van der Waals surface area (Å²) >= 11 is 3.16. The second-order valence-corrected chi connectivity index (χ2v) is 3.31. The van der Waals surface area contributed by atoms with E-state index in [0.29, 0.717) is 16.3 Å². The number of benzene rings is 1. The predicted molar refractivity (Wildman–Crippen MR) is 52.7 cm³/mol. The second kappa shape index (κ2) is 4.76. The minimum atomic E-state index is -1.09. The van der Waals surface area contributed by atoms with Crippen LogP contribution in [0.25, 0.3) is 0 Å². The first-order valence-electron chi connectivity index (χ1n) is 3.73. The number of para-hydroxylation sites is 1. The van der Waals surface area contributed by atoms with Gasteiger partial charge in [-0.2, -0.15) is 0 Å². The molecule has 0 amide bonds. The van der Waals surface area contributed by atoms with E-state index in [-0.39, 0.29) is 5.75 Å². The standard InChI is InChI=1S/C9H7BrO4/c10-7-3-1-2-6(4-11)9(7)14-5-8(12)13/h1-4H,5H2,(H,12,13). The number of aldehydes is 1. The first-order valence-corrected chi connectivity index (χ1v) is 4.52. The molecule has 0 heterocycles. The summed E-state index contributed by atoms with van der Waals surface area (Å²) in [6.07, 6.45) is 0.613. The summed E-state index contributed by atoms with van der Waals surface area (Å²) in [7, 11) is 0. The molecule has 0 unspecified atom stereocenters.